The fourth-order valence-corrected chi connectivity index (χ4v) is 4.17. The minimum atomic E-state index is 0.663. The van der Waals surface area contributed by atoms with Gasteiger partial charge in [-0.2, -0.15) is 0 Å². The monoisotopic (exact) mass is 409 g/mol. The fourth-order valence-electron chi connectivity index (χ4n) is 3.95. The molecule has 5 heteroatoms. The molecule has 0 radical (unpaired) electrons. The predicted octanol–water partition coefficient (Wildman–Crippen LogP) is 6.20. The molecule has 2 aromatic carbocycles. The fraction of sp³-hybridized carbons (Fsp3) is 0.375. The van der Waals surface area contributed by atoms with E-state index in [2.05, 4.69) is 27.3 Å². The number of nitrogens with one attached hydrogen (secondary N) is 1. The molecule has 1 fully saturated rings. The standard InChI is InChI=1S/C24H28ClN3O/c1-18-14-24(22-8-3-4-9-23(22)26-18)27-20-15-19(25)16-21(17-20)29-13-7-12-28-10-5-2-6-11-28/h3-4,8-9,14-17H,2,5-7,10-13H2,1H3,(H,26,27). The summed E-state index contributed by atoms with van der Waals surface area (Å²) in [5.41, 5.74) is 3.89. The molecule has 0 aliphatic carbocycles. The highest BCUT2D eigenvalue weighted by Gasteiger charge is 2.10. The summed E-state index contributed by atoms with van der Waals surface area (Å²) in [7, 11) is 0. The zero-order valence-electron chi connectivity index (χ0n) is 17.0. The first-order valence-electron chi connectivity index (χ1n) is 10.5. The number of hydrogen-bond acceptors (Lipinski definition) is 4. The molecule has 29 heavy (non-hydrogen) atoms. The van der Waals surface area contributed by atoms with Gasteiger partial charge in [0.25, 0.3) is 0 Å². The molecule has 4 rings (SSSR count). The minimum absolute atomic E-state index is 0.663. The van der Waals surface area contributed by atoms with Crippen molar-refractivity contribution in [3.05, 3.63) is 59.2 Å². The van der Waals surface area contributed by atoms with Crippen LogP contribution in [0.4, 0.5) is 11.4 Å². The van der Waals surface area contributed by atoms with E-state index < -0.39 is 0 Å². The summed E-state index contributed by atoms with van der Waals surface area (Å²) in [6.45, 7) is 6.27. The Labute approximate surface area is 177 Å². The van der Waals surface area contributed by atoms with Crippen LogP contribution in [0, 0.1) is 6.92 Å². The van der Waals surface area contributed by atoms with Crippen molar-refractivity contribution in [3.63, 3.8) is 0 Å². The molecule has 1 aliphatic heterocycles. The molecule has 0 amide bonds. The van der Waals surface area contributed by atoms with Crippen molar-refractivity contribution < 1.29 is 4.74 Å². The summed E-state index contributed by atoms with van der Waals surface area (Å²) in [6, 6.07) is 16.0. The van der Waals surface area contributed by atoms with Gasteiger partial charge in [0.2, 0.25) is 0 Å². The van der Waals surface area contributed by atoms with E-state index in [0.717, 1.165) is 46.7 Å². The number of likely N-dealkylation sites (tertiary alicyclic amines) is 1. The number of halogens is 1. The number of pyridine rings is 1. The molecule has 0 unspecified atom stereocenters. The second-order valence-corrected chi connectivity index (χ2v) is 8.17. The Morgan fingerprint density at radius 1 is 1.07 bits per heavy atom. The lowest BCUT2D eigenvalue weighted by Crippen LogP contribution is -2.31. The third kappa shape index (κ3) is 5.40. The molecule has 1 aliphatic rings. The summed E-state index contributed by atoms with van der Waals surface area (Å²) in [5, 5.41) is 5.25. The largest absolute Gasteiger partial charge is 0.493 e. The van der Waals surface area contributed by atoms with Crippen molar-refractivity contribution in [2.45, 2.75) is 32.6 Å². The Morgan fingerprint density at radius 2 is 1.90 bits per heavy atom. The summed E-state index contributed by atoms with van der Waals surface area (Å²) >= 11 is 6.36. The van der Waals surface area contributed by atoms with Crippen molar-refractivity contribution in [2.75, 3.05) is 31.6 Å². The molecule has 0 atom stereocenters. The number of para-hydroxylation sites is 1. The van der Waals surface area contributed by atoms with Crippen molar-refractivity contribution in [2.24, 2.45) is 0 Å². The summed E-state index contributed by atoms with van der Waals surface area (Å²) < 4.78 is 6.00. The van der Waals surface area contributed by atoms with E-state index in [-0.39, 0.29) is 0 Å². The van der Waals surface area contributed by atoms with Crippen LogP contribution >= 0.6 is 11.6 Å². The Morgan fingerprint density at radius 3 is 2.76 bits per heavy atom. The van der Waals surface area contributed by atoms with Crippen molar-refractivity contribution in [1.29, 1.82) is 0 Å². The summed E-state index contributed by atoms with van der Waals surface area (Å²) in [5.74, 6) is 0.800. The number of anilines is 2. The number of fused-ring (bicyclic) bond motifs is 1. The molecule has 0 bridgehead atoms. The van der Waals surface area contributed by atoms with E-state index in [0.29, 0.717) is 11.6 Å². The highest BCUT2D eigenvalue weighted by molar-refractivity contribution is 6.31. The number of hydrogen-bond donors (Lipinski definition) is 1. The van der Waals surface area contributed by atoms with E-state index in [4.69, 9.17) is 16.3 Å². The van der Waals surface area contributed by atoms with E-state index in [1.165, 1.54) is 32.4 Å². The van der Waals surface area contributed by atoms with E-state index in [9.17, 15) is 0 Å². The van der Waals surface area contributed by atoms with Gasteiger partial charge in [-0.25, -0.2) is 0 Å². The molecule has 1 aromatic heterocycles. The Kier molecular flexibility index (Phi) is 6.53. The maximum absolute atomic E-state index is 6.36. The first kappa shape index (κ1) is 20.0. The van der Waals surface area contributed by atoms with Crippen LogP contribution in [-0.2, 0) is 0 Å². The van der Waals surface area contributed by atoms with Gasteiger partial charge in [0, 0.05) is 40.1 Å². The van der Waals surface area contributed by atoms with Crippen LogP contribution in [0.5, 0.6) is 5.75 Å². The van der Waals surface area contributed by atoms with Gasteiger partial charge in [-0.1, -0.05) is 36.2 Å². The summed E-state index contributed by atoms with van der Waals surface area (Å²) in [4.78, 5) is 7.14. The molecule has 1 N–H and O–H groups in total. The number of rotatable bonds is 7. The van der Waals surface area contributed by atoms with Gasteiger partial charge in [0.05, 0.1) is 12.1 Å². The molecule has 3 aromatic rings. The van der Waals surface area contributed by atoms with Gasteiger partial charge in [0.1, 0.15) is 5.75 Å². The number of piperidine rings is 1. The Bertz CT molecular complexity index is 969. The van der Waals surface area contributed by atoms with Gasteiger partial charge in [0.15, 0.2) is 0 Å². The van der Waals surface area contributed by atoms with Crippen LogP contribution in [0.2, 0.25) is 5.02 Å². The maximum Gasteiger partial charge on any atom is 0.122 e. The van der Waals surface area contributed by atoms with Crippen molar-refractivity contribution in [3.8, 4) is 5.75 Å². The zero-order chi connectivity index (χ0) is 20.1. The third-order valence-corrected chi connectivity index (χ3v) is 5.55. The number of nitrogens with zero attached hydrogens (tertiary/aromatic N) is 2. The number of aromatic nitrogens is 1. The van der Waals surface area contributed by atoms with Crippen LogP contribution in [0.15, 0.2) is 48.5 Å². The average Bonchev–Trinajstić information content (AvgIpc) is 2.71. The lowest BCUT2D eigenvalue weighted by atomic mass is 10.1. The van der Waals surface area contributed by atoms with Gasteiger partial charge in [-0.05, 0) is 63.5 Å². The van der Waals surface area contributed by atoms with E-state index in [1.54, 1.807) is 0 Å². The SMILES string of the molecule is Cc1cc(Nc2cc(Cl)cc(OCCCN3CCCCC3)c2)c2ccccc2n1. The molecule has 4 nitrogen and oxygen atoms in total. The van der Waals surface area contributed by atoms with Gasteiger partial charge >= 0.3 is 0 Å². The zero-order valence-corrected chi connectivity index (χ0v) is 17.7. The topological polar surface area (TPSA) is 37.4 Å². The normalized spacial score (nSPS) is 14.8. The molecule has 0 saturated carbocycles. The highest BCUT2D eigenvalue weighted by Crippen LogP contribution is 2.30. The third-order valence-electron chi connectivity index (χ3n) is 5.33. The lowest BCUT2D eigenvalue weighted by Gasteiger charge is -2.26. The second kappa shape index (κ2) is 9.47. The van der Waals surface area contributed by atoms with Crippen LogP contribution in [0.1, 0.15) is 31.4 Å². The maximum atomic E-state index is 6.36. The number of aryl methyl sites for hydroxylation is 1. The molecular formula is C24H28ClN3O. The van der Waals surface area contributed by atoms with Crippen LogP contribution in [0.3, 0.4) is 0 Å². The Balaban J connectivity index is 1.42. The van der Waals surface area contributed by atoms with Gasteiger partial charge in [-0.15, -0.1) is 0 Å². The van der Waals surface area contributed by atoms with Gasteiger partial charge < -0.3 is 15.0 Å². The number of benzene rings is 2. The minimum Gasteiger partial charge on any atom is -0.493 e. The predicted molar refractivity (Wildman–Crippen MR) is 122 cm³/mol. The average molecular weight is 410 g/mol. The first-order valence-corrected chi connectivity index (χ1v) is 10.8. The number of ether oxygens (including phenoxy) is 1. The Hall–Kier alpha value is -2.30. The van der Waals surface area contributed by atoms with Gasteiger partial charge in [-0.3, -0.25) is 4.98 Å². The van der Waals surface area contributed by atoms with Crippen molar-refractivity contribution >= 4 is 33.9 Å². The smallest absolute Gasteiger partial charge is 0.122 e. The van der Waals surface area contributed by atoms with Crippen molar-refractivity contribution in [1.82, 2.24) is 9.88 Å². The van der Waals surface area contributed by atoms with Crippen LogP contribution in [-0.4, -0.2) is 36.1 Å². The first-order chi connectivity index (χ1) is 14.2. The van der Waals surface area contributed by atoms with E-state index in [1.807, 2.05) is 43.3 Å². The molecule has 0 spiro atoms. The highest BCUT2D eigenvalue weighted by atomic mass is 35.5. The lowest BCUT2D eigenvalue weighted by molar-refractivity contribution is 0.205. The molecular weight excluding hydrogens is 382 g/mol. The van der Waals surface area contributed by atoms with Crippen LogP contribution in [0.25, 0.3) is 10.9 Å². The molecule has 2 heterocycles. The molecule has 152 valence electrons. The molecule has 1 saturated heterocycles. The second-order valence-electron chi connectivity index (χ2n) is 7.73. The van der Waals surface area contributed by atoms with Crippen LogP contribution < -0.4 is 10.1 Å². The summed E-state index contributed by atoms with van der Waals surface area (Å²) in [6.07, 6.45) is 5.06. The quantitative estimate of drug-likeness (QED) is 0.472. The van der Waals surface area contributed by atoms with E-state index >= 15 is 0 Å².